The molecule has 0 heterocycles. The molecule has 0 saturated heterocycles. The summed E-state index contributed by atoms with van der Waals surface area (Å²) < 4.78 is 27.2. The van der Waals surface area contributed by atoms with Gasteiger partial charge in [-0.1, -0.05) is 61.9 Å². The van der Waals surface area contributed by atoms with E-state index in [2.05, 4.69) is 5.32 Å². The number of carbonyl (C=O) groups excluding carboxylic acids is 1. The fourth-order valence-electron chi connectivity index (χ4n) is 2.54. The van der Waals surface area contributed by atoms with Crippen LogP contribution in [0.3, 0.4) is 0 Å². The Bertz CT molecular complexity index is 777. The van der Waals surface area contributed by atoms with Crippen LogP contribution in [-0.2, 0) is 21.2 Å². The lowest BCUT2D eigenvalue weighted by atomic mass is 10.1. The van der Waals surface area contributed by atoms with Crippen LogP contribution in [0.4, 0.5) is 0 Å². The third kappa shape index (κ3) is 5.97. The summed E-state index contributed by atoms with van der Waals surface area (Å²) in [6.07, 6.45) is 2.40. The Hall–Kier alpha value is -2.18. The Kier molecular flexibility index (Phi) is 7.81. The van der Waals surface area contributed by atoms with Gasteiger partial charge in [0.2, 0.25) is 15.9 Å². The van der Waals surface area contributed by atoms with Crippen molar-refractivity contribution in [2.45, 2.75) is 31.1 Å². The molecule has 2 aromatic rings. The fraction of sp³-hybridized carbons (Fsp3) is 0.350. The lowest BCUT2D eigenvalue weighted by Crippen LogP contribution is -2.41. The molecule has 1 N–H and O–H groups in total. The second-order valence-electron chi connectivity index (χ2n) is 6.09. The van der Waals surface area contributed by atoms with Crippen LogP contribution in [0.2, 0.25) is 0 Å². The van der Waals surface area contributed by atoms with Gasteiger partial charge >= 0.3 is 0 Å². The normalized spacial score (nSPS) is 11.5. The number of hydrogen-bond donors (Lipinski definition) is 1. The van der Waals surface area contributed by atoms with E-state index in [0.29, 0.717) is 13.0 Å². The molecule has 0 aliphatic rings. The molecule has 0 unspecified atom stereocenters. The molecule has 0 aliphatic carbocycles. The summed E-state index contributed by atoms with van der Waals surface area (Å²) in [4.78, 5) is 12.4. The Labute approximate surface area is 156 Å². The summed E-state index contributed by atoms with van der Waals surface area (Å²) in [6, 6.07) is 17.9. The van der Waals surface area contributed by atoms with Gasteiger partial charge in [-0.15, -0.1) is 0 Å². The highest BCUT2D eigenvalue weighted by atomic mass is 32.2. The molecule has 0 bridgehead atoms. The van der Waals surface area contributed by atoms with Crippen molar-refractivity contribution in [2.75, 3.05) is 19.6 Å². The van der Waals surface area contributed by atoms with Crippen LogP contribution in [0.15, 0.2) is 65.6 Å². The van der Waals surface area contributed by atoms with E-state index < -0.39 is 10.0 Å². The molecule has 0 spiro atoms. The lowest BCUT2D eigenvalue weighted by Gasteiger charge is -2.22. The number of benzene rings is 2. The minimum Gasteiger partial charge on any atom is -0.355 e. The number of unbranched alkanes of at least 4 members (excludes halogenated alkanes) is 1. The van der Waals surface area contributed by atoms with Crippen LogP contribution in [-0.4, -0.2) is 38.3 Å². The average Bonchev–Trinajstić information content (AvgIpc) is 2.66. The summed E-state index contributed by atoms with van der Waals surface area (Å²) in [5.41, 5.74) is 1.03. The fourth-order valence-corrected chi connectivity index (χ4v) is 3.96. The van der Waals surface area contributed by atoms with Gasteiger partial charge in [0.05, 0.1) is 11.4 Å². The highest BCUT2D eigenvalue weighted by Crippen LogP contribution is 2.16. The predicted octanol–water partition coefficient (Wildman–Crippen LogP) is 2.84. The lowest BCUT2D eigenvalue weighted by molar-refractivity contribution is -0.121. The van der Waals surface area contributed by atoms with Gasteiger partial charge in [-0.2, -0.15) is 4.31 Å². The van der Waals surface area contributed by atoms with Crippen LogP contribution in [0.1, 0.15) is 25.3 Å². The summed E-state index contributed by atoms with van der Waals surface area (Å²) in [5.74, 6) is -0.272. The number of rotatable bonds is 10. The van der Waals surface area contributed by atoms with Gasteiger partial charge in [-0.3, -0.25) is 4.79 Å². The van der Waals surface area contributed by atoms with E-state index in [1.807, 2.05) is 37.3 Å². The second kappa shape index (κ2) is 10.1. The summed E-state index contributed by atoms with van der Waals surface area (Å²) >= 11 is 0. The maximum absolute atomic E-state index is 13.0. The Morgan fingerprint density at radius 2 is 1.62 bits per heavy atom. The number of nitrogens with zero attached hydrogens (tertiary/aromatic N) is 1. The number of carbonyl (C=O) groups is 1. The molecule has 1 amide bonds. The first-order valence-electron chi connectivity index (χ1n) is 8.90. The molecule has 0 atom stereocenters. The average molecular weight is 375 g/mol. The standard InChI is InChI=1S/C20H26N2O3S/c1-2-3-15-21-20(23)17-22(16-14-18-10-6-4-7-11-18)26(24,25)19-12-8-5-9-13-19/h4-13H,2-3,14-17H2,1H3,(H,21,23). The number of hydrogen-bond acceptors (Lipinski definition) is 3. The smallest absolute Gasteiger partial charge is 0.243 e. The molecule has 0 aliphatic heterocycles. The van der Waals surface area contributed by atoms with Crippen molar-refractivity contribution in [3.05, 3.63) is 66.2 Å². The minimum absolute atomic E-state index is 0.173. The summed E-state index contributed by atoms with van der Waals surface area (Å²) in [7, 11) is -3.72. The number of nitrogens with one attached hydrogen (secondary N) is 1. The van der Waals surface area contributed by atoms with E-state index in [1.165, 1.54) is 4.31 Å². The minimum atomic E-state index is -3.72. The van der Waals surface area contributed by atoms with Gasteiger partial charge in [-0.25, -0.2) is 8.42 Å². The first kappa shape index (κ1) is 20.1. The van der Waals surface area contributed by atoms with Crippen molar-refractivity contribution in [3.63, 3.8) is 0 Å². The molecule has 2 aromatic carbocycles. The van der Waals surface area contributed by atoms with E-state index in [1.54, 1.807) is 30.3 Å². The topological polar surface area (TPSA) is 66.5 Å². The molecule has 140 valence electrons. The van der Waals surface area contributed by atoms with Crippen LogP contribution >= 0.6 is 0 Å². The Morgan fingerprint density at radius 1 is 1.00 bits per heavy atom. The molecular weight excluding hydrogens is 348 g/mol. The Balaban J connectivity index is 2.13. The van der Waals surface area contributed by atoms with Gasteiger partial charge in [-0.05, 0) is 30.5 Å². The van der Waals surface area contributed by atoms with Crippen molar-refractivity contribution >= 4 is 15.9 Å². The summed E-state index contributed by atoms with van der Waals surface area (Å²) in [6.45, 7) is 2.68. The molecule has 26 heavy (non-hydrogen) atoms. The zero-order valence-electron chi connectivity index (χ0n) is 15.1. The van der Waals surface area contributed by atoms with Crippen LogP contribution in [0, 0.1) is 0 Å². The van der Waals surface area contributed by atoms with E-state index in [4.69, 9.17) is 0 Å². The van der Waals surface area contributed by atoms with Gasteiger partial charge < -0.3 is 5.32 Å². The molecule has 0 radical (unpaired) electrons. The first-order chi connectivity index (χ1) is 12.5. The molecule has 2 rings (SSSR count). The summed E-state index contributed by atoms with van der Waals surface area (Å²) in [5, 5.41) is 2.79. The van der Waals surface area contributed by atoms with E-state index >= 15 is 0 Å². The molecule has 0 fully saturated rings. The highest BCUT2D eigenvalue weighted by Gasteiger charge is 2.26. The molecule has 0 saturated carbocycles. The quantitative estimate of drug-likeness (QED) is 0.650. The van der Waals surface area contributed by atoms with Crippen LogP contribution in [0.5, 0.6) is 0 Å². The Morgan fingerprint density at radius 3 is 2.23 bits per heavy atom. The molecule has 6 heteroatoms. The van der Waals surface area contributed by atoms with Gasteiger partial charge in [0.15, 0.2) is 0 Å². The third-order valence-corrected chi connectivity index (χ3v) is 5.91. The monoisotopic (exact) mass is 374 g/mol. The maximum Gasteiger partial charge on any atom is 0.243 e. The van der Waals surface area contributed by atoms with Gasteiger partial charge in [0.1, 0.15) is 0 Å². The van der Waals surface area contributed by atoms with Crippen LogP contribution in [0.25, 0.3) is 0 Å². The number of amides is 1. The second-order valence-corrected chi connectivity index (χ2v) is 8.03. The number of sulfonamides is 1. The van der Waals surface area contributed by atoms with Gasteiger partial charge in [0.25, 0.3) is 0 Å². The van der Waals surface area contributed by atoms with Crippen molar-refractivity contribution in [1.29, 1.82) is 0 Å². The zero-order valence-corrected chi connectivity index (χ0v) is 15.9. The highest BCUT2D eigenvalue weighted by molar-refractivity contribution is 7.89. The van der Waals surface area contributed by atoms with E-state index in [-0.39, 0.29) is 23.9 Å². The predicted molar refractivity (Wildman–Crippen MR) is 103 cm³/mol. The molecule has 5 nitrogen and oxygen atoms in total. The SMILES string of the molecule is CCCCNC(=O)CN(CCc1ccccc1)S(=O)(=O)c1ccccc1. The zero-order chi connectivity index (χ0) is 18.8. The molecular formula is C20H26N2O3S. The van der Waals surface area contributed by atoms with E-state index in [0.717, 1.165) is 18.4 Å². The first-order valence-corrected chi connectivity index (χ1v) is 10.3. The maximum atomic E-state index is 13.0. The van der Waals surface area contributed by atoms with Crippen molar-refractivity contribution in [3.8, 4) is 0 Å². The van der Waals surface area contributed by atoms with Crippen molar-refractivity contribution in [1.82, 2.24) is 9.62 Å². The molecule has 0 aromatic heterocycles. The third-order valence-electron chi connectivity index (χ3n) is 4.05. The van der Waals surface area contributed by atoms with Crippen molar-refractivity contribution in [2.24, 2.45) is 0 Å². The van der Waals surface area contributed by atoms with Crippen LogP contribution < -0.4 is 5.32 Å². The van der Waals surface area contributed by atoms with Gasteiger partial charge in [0, 0.05) is 13.1 Å². The van der Waals surface area contributed by atoms with E-state index in [9.17, 15) is 13.2 Å². The van der Waals surface area contributed by atoms with Crippen molar-refractivity contribution < 1.29 is 13.2 Å². The largest absolute Gasteiger partial charge is 0.355 e.